The highest BCUT2D eigenvalue weighted by molar-refractivity contribution is 5.88. The lowest BCUT2D eigenvalue weighted by Crippen LogP contribution is -2.28. The van der Waals surface area contributed by atoms with Gasteiger partial charge in [-0.1, -0.05) is 29.4 Å². The van der Waals surface area contributed by atoms with E-state index < -0.39 is 0 Å². The van der Waals surface area contributed by atoms with Crippen molar-refractivity contribution in [1.29, 1.82) is 0 Å². The quantitative estimate of drug-likeness (QED) is 0.878. The Labute approximate surface area is 117 Å². The number of methoxy groups -OCH3 is 1. The number of carbonyl (C=O) groups is 1. The maximum atomic E-state index is 11.7. The van der Waals surface area contributed by atoms with Crippen LogP contribution >= 0.6 is 0 Å². The fourth-order valence-corrected chi connectivity index (χ4v) is 1.79. The first-order chi connectivity index (χ1) is 9.69. The van der Waals surface area contributed by atoms with Crippen molar-refractivity contribution in [2.45, 2.75) is 20.1 Å². The molecule has 2 aromatic rings. The van der Waals surface area contributed by atoms with Gasteiger partial charge < -0.3 is 14.6 Å². The Bertz CT molecular complexity index is 581. The van der Waals surface area contributed by atoms with Crippen molar-refractivity contribution in [2.24, 2.45) is 0 Å². The minimum atomic E-state index is -0.328. The molecule has 0 aliphatic carbocycles. The van der Waals surface area contributed by atoms with Crippen LogP contribution in [-0.2, 0) is 17.9 Å². The zero-order valence-electron chi connectivity index (χ0n) is 11.5. The van der Waals surface area contributed by atoms with Crippen LogP contribution in [0.5, 0.6) is 0 Å². The van der Waals surface area contributed by atoms with Crippen LogP contribution in [-0.4, -0.2) is 18.3 Å². The number of benzene rings is 1. The number of hydrogen-bond acceptors (Lipinski definition) is 4. The van der Waals surface area contributed by atoms with Crippen LogP contribution < -0.4 is 10.6 Å². The van der Waals surface area contributed by atoms with Gasteiger partial charge in [0.15, 0.2) is 5.82 Å². The van der Waals surface area contributed by atoms with Crippen molar-refractivity contribution in [2.75, 3.05) is 12.4 Å². The van der Waals surface area contributed by atoms with Gasteiger partial charge in [0, 0.05) is 19.7 Å². The van der Waals surface area contributed by atoms with Gasteiger partial charge in [-0.2, -0.15) is 0 Å². The van der Waals surface area contributed by atoms with Crippen molar-refractivity contribution in [3.63, 3.8) is 0 Å². The summed E-state index contributed by atoms with van der Waals surface area (Å²) in [5.41, 5.74) is 2.06. The second-order valence-corrected chi connectivity index (χ2v) is 4.33. The largest absolute Gasteiger partial charge is 0.380 e. The maximum absolute atomic E-state index is 11.7. The minimum absolute atomic E-state index is 0.328. The predicted octanol–water partition coefficient (Wildman–Crippen LogP) is 2.45. The summed E-state index contributed by atoms with van der Waals surface area (Å²) in [6.45, 7) is 2.70. The lowest BCUT2D eigenvalue weighted by atomic mass is 10.1. The average molecular weight is 275 g/mol. The zero-order chi connectivity index (χ0) is 14.4. The van der Waals surface area contributed by atoms with Gasteiger partial charge in [0.1, 0.15) is 5.76 Å². The Kier molecular flexibility index (Phi) is 4.73. The van der Waals surface area contributed by atoms with Gasteiger partial charge in [0.05, 0.1) is 6.61 Å². The number of rotatable bonds is 5. The van der Waals surface area contributed by atoms with E-state index in [-0.39, 0.29) is 6.03 Å². The van der Waals surface area contributed by atoms with Crippen LogP contribution in [0.4, 0.5) is 10.6 Å². The zero-order valence-corrected chi connectivity index (χ0v) is 11.5. The summed E-state index contributed by atoms with van der Waals surface area (Å²) in [5, 5.41) is 9.06. The summed E-state index contributed by atoms with van der Waals surface area (Å²) in [5.74, 6) is 1.04. The molecule has 1 heterocycles. The number of nitrogens with one attached hydrogen (secondary N) is 2. The van der Waals surface area contributed by atoms with Crippen LogP contribution in [0.3, 0.4) is 0 Å². The third kappa shape index (κ3) is 3.83. The molecule has 0 aliphatic heterocycles. The molecule has 2 N–H and O–H groups in total. The van der Waals surface area contributed by atoms with E-state index in [2.05, 4.69) is 15.8 Å². The van der Waals surface area contributed by atoms with Crippen molar-refractivity contribution >= 4 is 11.8 Å². The number of ether oxygens (including phenoxy) is 1. The Morgan fingerprint density at radius 2 is 2.10 bits per heavy atom. The number of aromatic nitrogens is 1. The number of amides is 2. The number of carbonyl (C=O) groups excluding carboxylic acids is 1. The molecule has 1 aromatic carbocycles. The molecule has 0 radical (unpaired) electrons. The summed E-state index contributed by atoms with van der Waals surface area (Å²) in [6.07, 6.45) is 0. The number of aryl methyl sites for hydroxylation is 1. The first-order valence-corrected chi connectivity index (χ1v) is 6.23. The van der Waals surface area contributed by atoms with E-state index in [1.165, 1.54) is 0 Å². The van der Waals surface area contributed by atoms with E-state index in [0.717, 1.165) is 11.1 Å². The predicted molar refractivity (Wildman–Crippen MR) is 74.3 cm³/mol. The Morgan fingerprint density at radius 3 is 2.75 bits per heavy atom. The summed E-state index contributed by atoms with van der Waals surface area (Å²) < 4.78 is 9.99. The van der Waals surface area contributed by atoms with Crippen molar-refractivity contribution in [3.05, 3.63) is 47.2 Å². The van der Waals surface area contributed by atoms with Crippen LogP contribution in [0.15, 0.2) is 34.9 Å². The molecule has 1 aromatic heterocycles. The first kappa shape index (κ1) is 14.1. The minimum Gasteiger partial charge on any atom is -0.380 e. The SMILES string of the molecule is COCc1ccccc1CNC(=O)Nc1cc(C)on1. The van der Waals surface area contributed by atoms with Gasteiger partial charge in [-0.15, -0.1) is 0 Å². The molecule has 0 bridgehead atoms. The molecule has 0 unspecified atom stereocenters. The Balaban J connectivity index is 1.90. The lowest BCUT2D eigenvalue weighted by molar-refractivity contribution is 0.184. The smallest absolute Gasteiger partial charge is 0.320 e. The van der Waals surface area contributed by atoms with Gasteiger partial charge in [-0.05, 0) is 18.1 Å². The second kappa shape index (κ2) is 6.72. The number of urea groups is 1. The lowest BCUT2D eigenvalue weighted by Gasteiger charge is -2.10. The standard InChI is InChI=1S/C14H17N3O3/c1-10-7-13(17-20-10)16-14(18)15-8-11-5-3-4-6-12(11)9-19-2/h3-7H,8-9H2,1-2H3,(H2,15,16,17,18). The Hall–Kier alpha value is -2.34. The molecule has 20 heavy (non-hydrogen) atoms. The summed E-state index contributed by atoms with van der Waals surface area (Å²) >= 11 is 0. The van der Waals surface area contributed by atoms with E-state index in [9.17, 15) is 4.79 Å². The Morgan fingerprint density at radius 1 is 1.35 bits per heavy atom. The summed E-state index contributed by atoms with van der Waals surface area (Å²) in [7, 11) is 1.64. The fourth-order valence-electron chi connectivity index (χ4n) is 1.79. The highest BCUT2D eigenvalue weighted by Gasteiger charge is 2.07. The van der Waals surface area contributed by atoms with Gasteiger partial charge in [0.2, 0.25) is 0 Å². The van der Waals surface area contributed by atoms with E-state index in [1.807, 2.05) is 24.3 Å². The first-order valence-electron chi connectivity index (χ1n) is 6.23. The maximum Gasteiger partial charge on any atom is 0.320 e. The summed E-state index contributed by atoms with van der Waals surface area (Å²) in [6, 6.07) is 9.11. The van der Waals surface area contributed by atoms with E-state index in [4.69, 9.17) is 9.26 Å². The summed E-state index contributed by atoms with van der Waals surface area (Å²) in [4.78, 5) is 11.7. The fraction of sp³-hybridized carbons (Fsp3) is 0.286. The van der Waals surface area contributed by atoms with E-state index in [0.29, 0.717) is 24.7 Å². The van der Waals surface area contributed by atoms with Crippen LogP contribution in [0.1, 0.15) is 16.9 Å². The monoisotopic (exact) mass is 275 g/mol. The highest BCUT2D eigenvalue weighted by atomic mass is 16.5. The molecule has 0 aliphatic rings. The molecule has 0 atom stereocenters. The van der Waals surface area contributed by atoms with Crippen molar-refractivity contribution < 1.29 is 14.1 Å². The van der Waals surface area contributed by atoms with Crippen molar-refractivity contribution in [1.82, 2.24) is 10.5 Å². The number of hydrogen-bond donors (Lipinski definition) is 2. The van der Waals surface area contributed by atoms with Crippen LogP contribution in [0.25, 0.3) is 0 Å². The van der Waals surface area contributed by atoms with E-state index >= 15 is 0 Å². The molecular weight excluding hydrogens is 258 g/mol. The molecule has 0 saturated heterocycles. The van der Waals surface area contributed by atoms with Crippen LogP contribution in [0.2, 0.25) is 0 Å². The van der Waals surface area contributed by atoms with Crippen LogP contribution in [0, 0.1) is 6.92 Å². The molecular formula is C14H17N3O3. The molecule has 106 valence electrons. The third-order valence-corrected chi connectivity index (χ3v) is 2.73. The second-order valence-electron chi connectivity index (χ2n) is 4.33. The molecule has 6 nitrogen and oxygen atoms in total. The van der Waals surface area contributed by atoms with Gasteiger partial charge in [0.25, 0.3) is 0 Å². The molecule has 2 amide bonds. The highest BCUT2D eigenvalue weighted by Crippen LogP contribution is 2.10. The molecule has 2 rings (SSSR count). The third-order valence-electron chi connectivity index (χ3n) is 2.73. The average Bonchev–Trinajstić information content (AvgIpc) is 2.83. The number of anilines is 1. The molecule has 0 spiro atoms. The molecule has 6 heteroatoms. The molecule has 0 fully saturated rings. The number of nitrogens with zero attached hydrogens (tertiary/aromatic N) is 1. The van der Waals surface area contributed by atoms with E-state index in [1.54, 1.807) is 20.1 Å². The normalized spacial score (nSPS) is 10.3. The van der Waals surface area contributed by atoms with Gasteiger partial charge >= 0.3 is 6.03 Å². The topological polar surface area (TPSA) is 76.4 Å². The van der Waals surface area contributed by atoms with Crippen molar-refractivity contribution in [3.8, 4) is 0 Å². The van der Waals surface area contributed by atoms with Gasteiger partial charge in [-0.25, -0.2) is 4.79 Å². The molecule has 0 saturated carbocycles. The van der Waals surface area contributed by atoms with Gasteiger partial charge in [-0.3, -0.25) is 5.32 Å².